The minimum atomic E-state index is -3.08. The van der Waals surface area contributed by atoms with Crippen molar-refractivity contribution >= 4 is 39.7 Å². The molecule has 1 aromatic carbocycles. The van der Waals surface area contributed by atoms with Crippen LogP contribution in [0, 0.1) is 0 Å². The molecule has 0 bridgehead atoms. The normalized spacial score (nSPS) is 16.3. The first kappa shape index (κ1) is 20.3. The van der Waals surface area contributed by atoms with Crippen molar-refractivity contribution in [3.63, 3.8) is 0 Å². The van der Waals surface area contributed by atoms with Crippen LogP contribution in [0.2, 0.25) is 5.02 Å². The van der Waals surface area contributed by atoms with Crippen LogP contribution in [0.5, 0.6) is 5.75 Å². The second-order valence-corrected chi connectivity index (χ2v) is 7.61. The quantitative estimate of drug-likeness (QED) is 0.623. The van der Waals surface area contributed by atoms with Crippen molar-refractivity contribution in [2.45, 2.75) is 25.2 Å². The monoisotopic (exact) mass is 435 g/mol. The highest BCUT2D eigenvalue weighted by atomic mass is 35.5. The molecule has 2 aliphatic rings. The van der Waals surface area contributed by atoms with Crippen LogP contribution < -0.4 is 20.9 Å². The maximum absolute atomic E-state index is 13.7. The number of alkyl halides is 2. The van der Waals surface area contributed by atoms with E-state index >= 15 is 0 Å². The maximum Gasteiger partial charge on any atom is 0.298 e. The van der Waals surface area contributed by atoms with Crippen LogP contribution >= 0.6 is 11.6 Å². The molecule has 7 nitrogen and oxygen atoms in total. The van der Waals surface area contributed by atoms with E-state index in [4.69, 9.17) is 16.3 Å². The third kappa shape index (κ3) is 4.30. The number of rotatable bonds is 2. The average molecular weight is 436 g/mol. The molecule has 0 spiro atoms. The number of aryl methyl sites for hydroxylation is 1. The third-order valence-electron chi connectivity index (χ3n) is 4.59. The fourth-order valence-corrected chi connectivity index (χ4v) is 3.05. The first-order valence-electron chi connectivity index (χ1n) is 9.49. The van der Waals surface area contributed by atoms with E-state index in [2.05, 4.69) is 20.6 Å². The second-order valence-electron chi connectivity index (χ2n) is 7.20. The van der Waals surface area contributed by atoms with E-state index in [0.717, 1.165) is 0 Å². The maximum atomic E-state index is 13.7. The van der Waals surface area contributed by atoms with Gasteiger partial charge in [0.2, 0.25) is 5.75 Å². The number of nitrogens with one attached hydrogen (secondary N) is 2. The first-order valence-corrected chi connectivity index (χ1v) is 9.87. The Labute approximate surface area is 176 Å². The number of nitrogens with zero attached hydrogens (tertiary/aromatic N) is 3. The minimum Gasteiger partial charge on any atom is -0.480 e. The highest BCUT2D eigenvalue weighted by molar-refractivity contribution is 6.32. The van der Waals surface area contributed by atoms with E-state index < -0.39 is 24.6 Å². The summed E-state index contributed by atoms with van der Waals surface area (Å²) in [6, 6.07) is 5.16. The summed E-state index contributed by atoms with van der Waals surface area (Å²) in [5.74, 6) is -2.81. The molecule has 0 unspecified atom stereocenters. The molecule has 3 aromatic rings. The molecule has 5 rings (SSSR count). The van der Waals surface area contributed by atoms with Crippen molar-refractivity contribution in [2.75, 3.05) is 23.8 Å². The molecule has 1 aliphatic heterocycles. The lowest BCUT2D eigenvalue weighted by molar-refractivity contribution is -0.0251. The standard InChI is InChI=1S/C17H14ClF2N5O2.C3H6/c1-25-12-3-2-9(24-15-11(18)5-21-8-23-15)4-10(12)13-14(16(25)26)27-7-17(19,20)6-22-13;1-2-3-1/h2-5,8,22H,6-7H2,1H3,(H,21,23,24);1-3H2. The highest BCUT2D eigenvalue weighted by Gasteiger charge is 2.35. The van der Waals surface area contributed by atoms with E-state index in [1.54, 1.807) is 25.2 Å². The molecule has 1 saturated carbocycles. The van der Waals surface area contributed by atoms with Gasteiger partial charge < -0.3 is 19.9 Å². The van der Waals surface area contributed by atoms with Gasteiger partial charge in [-0.05, 0) is 18.2 Å². The van der Waals surface area contributed by atoms with Crippen LogP contribution in [-0.2, 0) is 7.05 Å². The van der Waals surface area contributed by atoms with Crippen molar-refractivity contribution in [1.29, 1.82) is 0 Å². The molecule has 1 fully saturated rings. The molecular formula is C20H20ClF2N5O2. The number of aromatic nitrogens is 3. The van der Waals surface area contributed by atoms with Crippen LogP contribution in [0.1, 0.15) is 19.3 Å². The van der Waals surface area contributed by atoms with E-state index in [-0.39, 0.29) is 11.4 Å². The molecule has 0 amide bonds. The lowest BCUT2D eigenvalue weighted by Crippen LogP contribution is -2.31. The number of fused-ring (bicyclic) bond motifs is 3. The minimum absolute atomic E-state index is 0.126. The largest absolute Gasteiger partial charge is 0.480 e. The highest BCUT2D eigenvalue weighted by Crippen LogP contribution is 2.36. The number of anilines is 3. The Morgan fingerprint density at radius 2 is 2.07 bits per heavy atom. The molecule has 30 heavy (non-hydrogen) atoms. The molecule has 2 aromatic heterocycles. The zero-order valence-corrected chi connectivity index (χ0v) is 17.0. The fourth-order valence-electron chi connectivity index (χ4n) is 2.89. The molecule has 1 aliphatic carbocycles. The summed E-state index contributed by atoms with van der Waals surface area (Å²) in [6.45, 7) is -1.49. The lowest BCUT2D eigenvalue weighted by Gasteiger charge is -2.15. The summed E-state index contributed by atoms with van der Waals surface area (Å²) < 4.78 is 34.0. The van der Waals surface area contributed by atoms with E-state index in [0.29, 0.717) is 27.4 Å². The van der Waals surface area contributed by atoms with Crippen molar-refractivity contribution in [1.82, 2.24) is 14.5 Å². The van der Waals surface area contributed by atoms with Crippen molar-refractivity contribution < 1.29 is 13.5 Å². The number of hydrogen-bond acceptors (Lipinski definition) is 6. The van der Waals surface area contributed by atoms with Gasteiger partial charge in [-0.2, -0.15) is 0 Å². The topological polar surface area (TPSA) is 81.1 Å². The Morgan fingerprint density at radius 3 is 2.77 bits per heavy atom. The number of pyridine rings is 1. The Morgan fingerprint density at radius 1 is 1.30 bits per heavy atom. The predicted molar refractivity (Wildman–Crippen MR) is 112 cm³/mol. The molecule has 0 atom stereocenters. The number of ether oxygens (including phenoxy) is 1. The fraction of sp³-hybridized carbons (Fsp3) is 0.350. The van der Waals surface area contributed by atoms with Gasteiger partial charge in [-0.25, -0.2) is 18.7 Å². The molecule has 0 saturated heterocycles. The molecule has 3 heterocycles. The first-order chi connectivity index (χ1) is 14.4. The Hall–Kier alpha value is -2.94. The van der Waals surface area contributed by atoms with Gasteiger partial charge in [0.05, 0.1) is 23.9 Å². The number of hydrogen-bond donors (Lipinski definition) is 2. The summed E-state index contributed by atoms with van der Waals surface area (Å²) in [5, 5.41) is 6.60. The zero-order chi connectivity index (χ0) is 21.3. The van der Waals surface area contributed by atoms with E-state index in [1.165, 1.54) is 36.4 Å². The van der Waals surface area contributed by atoms with Crippen LogP contribution in [0.15, 0.2) is 35.5 Å². The zero-order valence-electron chi connectivity index (χ0n) is 16.2. The Balaban J connectivity index is 0.000000667. The van der Waals surface area contributed by atoms with Crippen LogP contribution in [0.4, 0.5) is 26.0 Å². The van der Waals surface area contributed by atoms with Gasteiger partial charge in [0.25, 0.3) is 11.5 Å². The summed E-state index contributed by atoms with van der Waals surface area (Å²) in [6.07, 6.45) is 7.30. The smallest absolute Gasteiger partial charge is 0.298 e. The van der Waals surface area contributed by atoms with E-state index in [9.17, 15) is 13.6 Å². The van der Waals surface area contributed by atoms with Crippen molar-refractivity contribution in [3.8, 4) is 5.75 Å². The molecule has 0 radical (unpaired) electrons. The van der Waals surface area contributed by atoms with Crippen LogP contribution in [0.25, 0.3) is 10.9 Å². The number of benzene rings is 1. The van der Waals surface area contributed by atoms with Crippen molar-refractivity contribution in [3.05, 3.63) is 46.1 Å². The van der Waals surface area contributed by atoms with Gasteiger partial charge in [-0.15, -0.1) is 0 Å². The Kier molecular flexibility index (Phi) is 5.46. The SMILES string of the molecule is C1CC1.Cn1c(=O)c2c(c3cc(Nc4ncncc4Cl)ccc31)NCC(F)(F)CO2. The molecule has 10 heteroatoms. The predicted octanol–water partition coefficient (Wildman–Crippen LogP) is 4.34. The van der Waals surface area contributed by atoms with Crippen LogP contribution in [-0.4, -0.2) is 33.6 Å². The van der Waals surface area contributed by atoms with Gasteiger partial charge in [0.15, 0.2) is 12.4 Å². The average Bonchev–Trinajstić information content (AvgIpc) is 3.59. The van der Waals surface area contributed by atoms with Gasteiger partial charge in [-0.3, -0.25) is 4.79 Å². The van der Waals surface area contributed by atoms with Gasteiger partial charge >= 0.3 is 0 Å². The van der Waals surface area contributed by atoms with Crippen LogP contribution in [0.3, 0.4) is 0 Å². The van der Waals surface area contributed by atoms with E-state index in [1.807, 2.05) is 0 Å². The van der Waals surface area contributed by atoms with Gasteiger partial charge in [-0.1, -0.05) is 30.9 Å². The lowest BCUT2D eigenvalue weighted by atomic mass is 10.1. The Bertz CT molecular complexity index is 1150. The molecule has 158 valence electrons. The van der Waals surface area contributed by atoms with Gasteiger partial charge in [0, 0.05) is 18.1 Å². The summed E-state index contributed by atoms with van der Waals surface area (Å²) in [7, 11) is 1.56. The summed E-state index contributed by atoms with van der Waals surface area (Å²) in [5.41, 5.74) is 0.936. The molecular weight excluding hydrogens is 416 g/mol. The van der Waals surface area contributed by atoms with Crippen molar-refractivity contribution in [2.24, 2.45) is 7.05 Å². The summed E-state index contributed by atoms with van der Waals surface area (Å²) >= 11 is 6.06. The van der Waals surface area contributed by atoms with Gasteiger partial charge in [0.1, 0.15) is 11.3 Å². The summed E-state index contributed by atoms with van der Waals surface area (Å²) in [4.78, 5) is 20.4. The number of halogens is 3. The second kappa shape index (κ2) is 8.06. The molecule has 2 N–H and O–H groups in total. The third-order valence-corrected chi connectivity index (χ3v) is 4.87.